The maximum Gasteiger partial charge on any atom is 0.178 e. The lowest BCUT2D eigenvalue weighted by molar-refractivity contribution is -0.696. The van der Waals surface area contributed by atoms with Crippen molar-refractivity contribution in [3.8, 4) is 11.3 Å². The molecule has 0 saturated heterocycles. The van der Waals surface area contributed by atoms with Crippen molar-refractivity contribution in [1.29, 1.82) is 0 Å². The minimum atomic E-state index is 0.914. The van der Waals surface area contributed by atoms with E-state index in [1.54, 1.807) is 0 Å². The molecule has 0 fully saturated rings. The molecule has 0 saturated carbocycles. The van der Waals surface area contributed by atoms with Gasteiger partial charge in [-0.3, -0.25) is 9.97 Å². The molecule has 20 heavy (non-hydrogen) atoms. The highest BCUT2D eigenvalue weighted by atomic mass is 14.9. The van der Waals surface area contributed by atoms with Crippen molar-refractivity contribution < 1.29 is 4.57 Å². The molecule has 3 nitrogen and oxygen atoms in total. The van der Waals surface area contributed by atoms with Crippen LogP contribution >= 0.6 is 0 Å². The van der Waals surface area contributed by atoms with Gasteiger partial charge in [-0.05, 0) is 30.3 Å². The molecule has 3 heteroatoms. The molecule has 0 unspecified atom stereocenters. The van der Waals surface area contributed by atoms with E-state index in [9.17, 15) is 0 Å². The Labute approximate surface area is 118 Å². The van der Waals surface area contributed by atoms with Gasteiger partial charge in [0.1, 0.15) is 0 Å². The summed E-state index contributed by atoms with van der Waals surface area (Å²) in [7, 11) is 0. The second-order valence-corrected chi connectivity index (χ2v) is 4.62. The fraction of sp³-hybridized carbons (Fsp3) is 0.118. The standard InChI is InChI=1S/C17H16N3/c1-3-10-18-16(7-1)9-13-20-12-5-6-15(14-20)17-8-2-4-11-19-17/h1-8,10-12,14H,9,13H2/q+1. The van der Waals surface area contributed by atoms with Crippen LogP contribution in [0.2, 0.25) is 0 Å². The van der Waals surface area contributed by atoms with Gasteiger partial charge in [0.2, 0.25) is 0 Å². The zero-order valence-electron chi connectivity index (χ0n) is 11.2. The number of rotatable bonds is 4. The van der Waals surface area contributed by atoms with Crippen molar-refractivity contribution in [2.75, 3.05) is 0 Å². The first-order chi connectivity index (χ1) is 9.92. The summed E-state index contributed by atoms with van der Waals surface area (Å²) in [5.41, 5.74) is 3.25. The molecule has 0 aliphatic heterocycles. The molecule has 0 aromatic carbocycles. The monoisotopic (exact) mass is 262 g/mol. The van der Waals surface area contributed by atoms with E-state index < -0.39 is 0 Å². The number of nitrogens with zero attached hydrogens (tertiary/aromatic N) is 3. The molecule has 0 radical (unpaired) electrons. The average molecular weight is 262 g/mol. The number of aryl methyl sites for hydroxylation is 2. The number of pyridine rings is 3. The summed E-state index contributed by atoms with van der Waals surface area (Å²) in [6, 6.07) is 16.1. The first kappa shape index (κ1) is 12.5. The van der Waals surface area contributed by atoms with Crippen LogP contribution in [-0.4, -0.2) is 9.97 Å². The van der Waals surface area contributed by atoms with E-state index in [0.717, 1.165) is 29.9 Å². The van der Waals surface area contributed by atoms with E-state index in [0.29, 0.717) is 0 Å². The predicted octanol–water partition coefficient (Wildman–Crippen LogP) is 2.67. The van der Waals surface area contributed by atoms with Crippen LogP contribution in [0.25, 0.3) is 11.3 Å². The second kappa shape index (κ2) is 6.06. The van der Waals surface area contributed by atoms with E-state index in [1.165, 1.54) is 0 Å². The summed E-state index contributed by atoms with van der Waals surface area (Å²) < 4.78 is 2.18. The van der Waals surface area contributed by atoms with Crippen LogP contribution in [-0.2, 0) is 13.0 Å². The van der Waals surface area contributed by atoms with Crippen LogP contribution in [0.15, 0.2) is 73.3 Å². The van der Waals surface area contributed by atoms with Gasteiger partial charge in [-0.15, -0.1) is 0 Å². The lowest BCUT2D eigenvalue weighted by Gasteiger charge is -2.01. The molecule has 0 bridgehead atoms. The van der Waals surface area contributed by atoms with E-state index in [4.69, 9.17) is 0 Å². The molecule has 0 atom stereocenters. The van der Waals surface area contributed by atoms with Crippen LogP contribution in [0.1, 0.15) is 5.69 Å². The fourth-order valence-electron chi connectivity index (χ4n) is 2.14. The Balaban J connectivity index is 1.75. The maximum absolute atomic E-state index is 4.38. The predicted molar refractivity (Wildman–Crippen MR) is 77.8 cm³/mol. The highest BCUT2D eigenvalue weighted by molar-refractivity contribution is 5.56. The zero-order valence-corrected chi connectivity index (χ0v) is 11.2. The largest absolute Gasteiger partial charge is 0.261 e. The normalized spacial score (nSPS) is 10.4. The van der Waals surface area contributed by atoms with Crippen LogP contribution in [0.4, 0.5) is 0 Å². The third-order valence-electron chi connectivity index (χ3n) is 3.17. The summed E-state index contributed by atoms with van der Waals surface area (Å²) in [5.74, 6) is 0. The van der Waals surface area contributed by atoms with Crippen LogP contribution in [0.3, 0.4) is 0 Å². The molecule has 98 valence electrons. The van der Waals surface area contributed by atoms with E-state index in [2.05, 4.69) is 45.1 Å². The molecule has 0 N–H and O–H groups in total. The van der Waals surface area contributed by atoms with Gasteiger partial charge in [0.15, 0.2) is 18.9 Å². The Hall–Kier alpha value is -2.55. The summed E-state index contributed by atoms with van der Waals surface area (Å²) in [4.78, 5) is 8.73. The van der Waals surface area contributed by atoms with Crippen LogP contribution < -0.4 is 4.57 Å². The van der Waals surface area contributed by atoms with E-state index >= 15 is 0 Å². The fourth-order valence-corrected chi connectivity index (χ4v) is 2.14. The molecule has 3 aromatic heterocycles. The first-order valence-corrected chi connectivity index (χ1v) is 6.72. The summed E-state index contributed by atoms with van der Waals surface area (Å²) in [6.07, 6.45) is 8.79. The van der Waals surface area contributed by atoms with E-state index in [-0.39, 0.29) is 0 Å². The van der Waals surface area contributed by atoms with Gasteiger partial charge in [0.05, 0.1) is 11.3 Å². The molecule has 0 spiro atoms. The zero-order chi connectivity index (χ0) is 13.6. The van der Waals surface area contributed by atoms with Gasteiger partial charge in [0.25, 0.3) is 0 Å². The molecular formula is C17H16N3+. The van der Waals surface area contributed by atoms with Crippen molar-refractivity contribution in [3.05, 3.63) is 79.0 Å². The van der Waals surface area contributed by atoms with Crippen molar-refractivity contribution in [2.24, 2.45) is 0 Å². The molecule has 3 aromatic rings. The van der Waals surface area contributed by atoms with Crippen LogP contribution in [0.5, 0.6) is 0 Å². The summed E-state index contributed by atoms with van der Waals surface area (Å²) in [5, 5.41) is 0. The SMILES string of the molecule is c1ccc(CC[n+]2cccc(-c3ccccn3)c2)nc1. The summed E-state index contributed by atoms with van der Waals surface area (Å²) >= 11 is 0. The Morgan fingerprint density at radius 2 is 1.70 bits per heavy atom. The second-order valence-electron chi connectivity index (χ2n) is 4.62. The highest BCUT2D eigenvalue weighted by Gasteiger charge is 2.06. The highest BCUT2D eigenvalue weighted by Crippen LogP contribution is 2.12. The minimum absolute atomic E-state index is 0.914. The Morgan fingerprint density at radius 3 is 2.45 bits per heavy atom. The topological polar surface area (TPSA) is 29.7 Å². The lowest BCUT2D eigenvalue weighted by atomic mass is 10.2. The van der Waals surface area contributed by atoms with Crippen molar-refractivity contribution in [1.82, 2.24) is 9.97 Å². The molecule has 3 rings (SSSR count). The van der Waals surface area contributed by atoms with Gasteiger partial charge in [-0.2, -0.15) is 0 Å². The third kappa shape index (κ3) is 3.06. The van der Waals surface area contributed by atoms with Gasteiger partial charge < -0.3 is 0 Å². The third-order valence-corrected chi connectivity index (χ3v) is 3.17. The average Bonchev–Trinajstić information content (AvgIpc) is 2.55. The van der Waals surface area contributed by atoms with Gasteiger partial charge in [-0.25, -0.2) is 4.57 Å². The first-order valence-electron chi connectivity index (χ1n) is 6.72. The van der Waals surface area contributed by atoms with Crippen molar-refractivity contribution in [2.45, 2.75) is 13.0 Å². The van der Waals surface area contributed by atoms with Crippen molar-refractivity contribution in [3.63, 3.8) is 0 Å². The molecule has 0 aliphatic carbocycles. The smallest absolute Gasteiger partial charge is 0.178 e. The lowest BCUT2D eigenvalue weighted by Crippen LogP contribution is -2.34. The Kier molecular flexibility index (Phi) is 3.78. The van der Waals surface area contributed by atoms with Gasteiger partial charge in [-0.1, -0.05) is 12.1 Å². The Bertz CT molecular complexity index is 666. The minimum Gasteiger partial charge on any atom is -0.261 e. The number of aromatic nitrogens is 3. The number of hydrogen-bond donors (Lipinski definition) is 0. The molecular weight excluding hydrogens is 246 g/mol. The molecule has 0 amide bonds. The summed E-state index contributed by atoms with van der Waals surface area (Å²) in [6.45, 7) is 0.914. The molecule has 3 heterocycles. The van der Waals surface area contributed by atoms with Gasteiger partial charge in [0, 0.05) is 30.6 Å². The quantitative estimate of drug-likeness (QED) is 0.677. The maximum atomic E-state index is 4.38. The van der Waals surface area contributed by atoms with Gasteiger partial charge >= 0.3 is 0 Å². The number of hydrogen-bond acceptors (Lipinski definition) is 2. The molecule has 0 aliphatic rings. The van der Waals surface area contributed by atoms with E-state index in [1.807, 2.05) is 42.7 Å². The van der Waals surface area contributed by atoms with Crippen LogP contribution in [0, 0.1) is 0 Å². The Morgan fingerprint density at radius 1 is 0.850 bits per heavy atom. The van der Waals surface area contributed by atoms with Crippen molar-refractivity contribution >= 4 is 0 Å².